The lowest BCUT2D eigenvalue weighted by molar-refractivity contribution is -0.158. The van der Waals surface area contributed by atoms with E-state index < -0.39 is 24.1 Å². The molecule has 8 heteroatoms. The van der Waals surface area contributed by atoms with Crippen LogP contribution in [0.2, 0.25) is 0 Å². The summed E-state index contributed by atoms with van der Waals surface area (Å²) < 4.78 is 10.9. The van der Waals surface area contributed by atoms with Crippen molar-refractivity contribution >= 4 is 18.0 Å². The van der Waals surface area contributed by atoms with Crippen molar-refractivity contribution in [2.45, 2.75) is 50.6 Å². The number of carbonyl (C=O) groups is 3. The highest BCUT2D eigenvalue weighted by molar-refractivity contribution is 5.84. The molecule has 0 aromatic heterocycles. The molecule has 1 aliphatic carbocycles. The minimum Gasteiger partial charge on any atom is -0.480 e. The number of carboxylic acids is 1. The summed E-state index contributed by atoms with van der Waals surface area (Å²) in [7, 11) is 0. The van der Waals surface area contributed by atoms with Crippen molar-refractivity contribution < 1.29 is 29.0 Å². The number of amides is 2. The summed E-state index contributed by atoms with van der Waals surface area (Å²) in [5.74, 6) is -1.44. The Morgan fingerprint density at radius 3 is 2.40 bits per heavy atom. The zero-order valence-electron chi connectivity index (χ0n) is 19.9. The lowest BCUT2D eigenvalue weighted by Crippen LogP contribution is -2.54. The molecule has 2 amide bonds. The maximum Gasteiger partial charge on any atom is 0.407 e. The van der Waals surface area contributed by atoms with Crippen LogP contribution in [0.4, 0.5) is 4.79 Å². The van der Waals surface area contributed by atoms with Gasteiger partial charge in [0.15, 0.2) is 6.04 Å². The van der Waals surface area contributed by atoms with E-state index in [2.05, 4.69) is 29.6 Å². The highest BCUT2D eigenvalue weighted by atomic mass is 16.5. The number of carboxylic acid groups (broad SMARTS) is 1. The molecule has 1 heterocycles. The fourth-order valence-electron chi connectivity index (χ4n) is 4.92. The smallest absolute Gasteiger partial charge is 0.407 e. The van der Waals surface area contributed by atoms with Crippen molar-refractivity contribution in [2.75, 3.05) is 26.4 Å². The topological polar surface area (TPSA) is 105 Å². The molecule has 2 aromatic rings. The summed E-state index contributed by atoms with van der Waals surface area (Å²) in [6.45, 7) is 2.73. The van der Waals surface area contributed by atoms with E-state index in [-0.39, 0.29) is 38.0 Å². The van der Waals surface area contributed by atoms with Crippen molar-refractivity contribution in [3.8, 4) is 11.1 Å². The molecule has 4 rings (SSSR count). The number of benzene rings is 2. The molecular weight excluding hydrogens is 448 g/mol. The van der Waals surface area contributed by atoms with Gasteiger partial charge in [-0.3, -0.25) is 4.79 Å². The quantitative estimate of drug-likeness (QED) is 0.566. The Bertz CT molecular complexity index is 1030. The van der Waals surface area contributed by atoms with Crippen LogP contribution in [0.3, 0.4) is 0 Å². The number of carbonyl (C=O) groups excluding carboxylic acids is 2. The van der Waals surface area contributed by atoms with Crippen LogP contribution in [0.25, 0.3) is 11.1 Å². The number of unbranched alkanes of at least 4 members (excludes halogenated alkanes) is 1. The predicted molar refractivity (Wildman–Crippen MR) is 130 cm³/mol. The SMILES string of the molecule is CCCC[C@H](CC(=O)N1CCOCC1C(=O)O)NC(=O)OCC1c2ccccc2-c2ccccc21. The highest BCUT2D eigenvalue weighted by Crippen LogP contribution is 2.44. The van der Waals surface area contributed by atoms with Crippen molar-refractivity contribution in [1.29, 1.82) is 0 Å². The number of aliphatic carboxylic acids is 1. The van der Waals surface area contributed by atoms with Crippen LogP contribution in [-0.4, -0.2) is 66.4 Å². The Kier molecular flexibility index (Phi) is 8.02. The molecule has 8 nitrogen and oxygen atoms in total. The van der Waals surface area contributed by atoms with Gasteiger partial charge in [-0.05, 0) is 28.7 Å². The van der Waals surface area contributed by atoms with Gasteiger partial charge in [-0.25, -0.2) is 9.59 Å². The van der Waals surface area contributed by atoms with E-state index >= 15 is 0 Å². The fourth-order valence-corrected chi connectivity index (χ4v) is 4.92. The summed E-state index contributed by atoms with van der Waals surface area (Å²) in [5, 5.41) is 12.3. The van der Waals surface area contributed by atoms with E-state index in [0.29, 0.717) is 13.0 Å². The van der Waals surface area contributed by atoms with Crippen LogP contribution in [-0.2, 0) is 19.1 Å². The van der Waals surface area contributed by atoms with Gasteiger partial charge in [0.05, 0.1) is 13.2 Å². The number of fused-ring (bicyclic) bond motifs is 3. The molecule has 1 fully saturated rings. The largest absolute Gasteiger partial charge is 0.480 e. The van der Waals surface area contributed by atoms with E-state index in [1.54, 1.807) is 0 Å². The lowest BCUT2D eigenvalue weighted by atomic mass is 9.98. The van der Waals surface area contributed by atoms with Gasteiger partial charge >= 0.3 is 12.1 Å². The molecular formula is C27H32N2O6. The Morgan fingerprint density at radius 1 is 1.11 bits per heavy atom. The zero-order valence-corrected chi connectivity index (χ0v) is 19.9. The van der Waals surface area contributed by atoms with Crippen LogP contribution in [0, 0.1) is 0 Å². The molecule has 0 bridgehead atoms. The number of rotatable bonds is 9. The second kappa shape index (κ2) is 11.4. The lowest BCUT2D eigenvalue weighted by Gasteiger charge is -2.34. The van der Waals surface area contributed by atoms with Gasteiger partial charge < -0.3 is 24.8 Å². The molecule has 2 aromatic carbocycles. The van der Waals surface area contributed by atoms with Gasteiger partial charge in [-0.2, -0.15) is 0 Å². The fraction of sp³-hybridized carbons (Fsp3) is 0.444. The van der Waals surface area contributed by atoms with Crippen LogP contribution in [0.5, 0.6) is 0 Å². The molecule has 2 atom stereocenters. The van der Waals surface area contributed by atoms with E-state index in [4.69, 9.17) is 9.47 Å². The summed E-state index contributed by atoms with van der Waals surface area (Å²) in [6, 6.07) is 14.8. The van der Waals surface area contributed by atoms with Crippen molar-refractivity contribution in [1.82, 2.24) is 10.2 Å². The number of morpholine rings is 1. The van der Waals surface area contributed by atoms with E-state index in [1.165, 1.54) is 4.90 Å². The Labute approximate surface area is 205 Å². The number of nitrogens with zero attached hydrogens (tertiary/aromatic N) is 1. The summed E-state index contributed by atoms with van der Waals surface area (Å²) in [4.78, 5) is 38.5. The monoisotopic (exact) mass is 480 g/mol. The molecule has 2 aliphatic rings. The first-order valence-corrected chi connectivity index (χ1v) is 12.2. The number of hydrogen-bond donors (Lipinski definition) is 2. The average Bonchev–Trinajstić information content (AvgIpc) is 3.19. The Balaban J connectivity index is 1.38. The van der Waals surface area contributed by atoms with Gasteiger partial charge in [0.25, 0.3) is 0 Å². The summed E-state index contributed by atoms with van der Waals surface area (Å²) in [5.41, 5.74) is 4.57. The van der Waals surface area contributed by atoms with Gasteiger partial charge in [0, 0.05) is 24.9 Å². The first-order valence-electron chi connectivity index (χ1n) is 12.2. The zero-order chi connectivity index (χ0) is 24.8. The molecule has 1 unspecified atom stereocenters. The van der Waals surface area contributed by atoms with Crippen molar-refractivity contribution in [3.63, 3.8) is 0 Å². The standard InChI is InChI=1S/C27H32N2O6/c1-2-3-8-18(15-25(30)29-13-14-34-17-24(29)26(31)32)28-27(33)35-16-23-21-11-6-4-9-19(21)20-10-5-7-12-22(20)23/h4-7,9-12,18,23-24H,2-3,8,13-17H2,1H3,(H,28,33)(H,31,32)/t18-,24?/m1/s1. The van der Waals surface area contributed by atoms with Gasteiger partial charge in [0.2, 0.25) is 5.91 Å². The third-order valence-corrected chi connectivity index (χ3v) is 6.73. The third-order valence-electron chi connectivity index (χ3n) is 6.73. The molecule has 2 N–H and O–H groups in total. The first kappa shape index (κ1) is 24.7. The maximum absolute atomic E-state index is 12.9. The second-order valence-electron chi connectivity index (χ2n) is 9.03. The van der Waals surface area contributed by atoms with Gasteiger partial charge in [0.1, 0.15) is 6.61 Å². The van der Waals surface area contributed by atoms with E-state index in [0.717, 1.165) is 35.1 Å². The summed E-state index contributed by atoms with van der Waals surface area (Å²) in [6.07, 6.45) is 1.79. The normalized spacial score (nSPS) is 17.9. The van der Waals surface area contributed by atoms with Crippen molar-refractivity contribution in [3.05, 3.63) is 59.7 Å². The maximum atomic E-state index is 12.9. The predicted octanol–water partition coefficient (Wildman–Crippen LogP) is 3.79. The number of alkyl carbamates (subject to hydrolysis) is 1. The minimum absolute atomic E-state index is 0.0218. The van der Waals surface area contributed by atoms with Crippen LogP contribution in [0.15, 0.2) is 48.5 Å². The van der Waals surface area contributed by atoms with E-state index in [9.17, 15) is 19.5 Å². The second-order valence-corrected chi connectivity index (χ2v) is 9.03. The van der Waals surface area contributed by atoms with Crippen molar-refractivity contribution in [2.24, 2.45) is 0 Å². The average molecular weight is 481 g/mol. The minimum atomic E-state index is -1.09. The number of hydrogen-bond acceptors (Lipinski definition) is 5. The first-order chi connectivity index (χ1) is 17.0. The molecule has 1 saturated heterocycles. The summed E-state index contributed by atoms with van der Waals surface area (Å²) >= 11 is 0. The van der Waals surface area contributed by atoms with Gasteiger partial charge in [-0.1, -0.05) is 68.3 Å². The molecule has 186 valence electrons. The van der Waals surface area contributed by atoms with Crippen LogP contribution in [0.1, 0.15) is 49.7 Å². The van der Waals surface area contributed by atoms with Crippen LogP contribution < -0.4 is 5.32 Å². The van der Waals surface area contributed by atoms with Crippen LogP contribution >= 0.6 is 0 Å². The van der Waals surface area contributed by atoms with Gasteiger partial charge in [-0.15, -0.1) is 0 Å². The van der Waals surface area contributed by atoms with E-state index in [1.807, 2.05) is 31.2 Å². The molecule has 0 radical (unpaired) electrons. The number of ether oxygens (including phenoxy) is 2. The third kappa shape index (κ3) is 5.65. The molecule has 35 heavy (non-hydrogen) atoms. The Morgan fingerprint density at radius 2 is 1.77 bits per heavy atom. The highest BCUT2D eigenvalue weighted by Gasteiger charge is 2.34. The Hall–Kier alpha value is -3.39. The molecule has 1 aliphatic heterocycles. The number of nitrogens with one attached hydrogen (secondary N) is 1. The molecule has 0 spiro atoms. The molecule has 0 saturated carbocycles.